The van der Waals surface area contributed by atoms with Gasteiger partial charge in [0.25, 0.3) is 0 Å². The number of hydrogen-bond acceptors (Lipinski definition) is 6. The van der Waals surface area contributed by atoms with Crippen LogP contribution in [0, 0.1) is 0 Å². The molecule has 0 aliphatic heterocycles. The molecule has 3 aromatic rings. The molecule has 0 aliphatic rings. The molecule has 0 radical (unpaired) electrons. The Hall–Kier alpha value is -2.25. The van der Waals surface area contributed by atoms with Crippen molar-refractivity contribution in [3.05, 3.63) is 52.5 Å². The van der Waals surface area contributed by atoms with Crippen LogP contribution in [0.3, 0.4) is 0 Å². The van der Waals surface area contributed by atoms with E-state index in [0.29, 0.717) is 12.4 Å². The summed E-state index contributed by atoms with van der Waals surface area (Å²) in [5.41, 5.74) is 1.72. The summed E-state index contributed by atoms with van der Waals surface area (Å²) in [5, 5.41) is 7.79. The van der Waals surface area contributed by atoms with Gasteiger partial charge >= 0.3 is 0 Å². The van der Waals surface area contributed by atoms with Crippen molar-refractivity contribution in [1.29, 1.82) is 0 Å². The number of nitrogens with zero attached hydrogens (tertiary/aromatic N) is 2. The zero-order valence-corrected chi connectivity index (χ0v) is 14.1. The summed E-state index contributed by atoms with van der Waals surface area (Å²) < 4.78 is 5.00. The lowest BCUT2D eigenvalue weighted by atomic mass is 10.2. The normalized spacial score (nSPS) is 10.5. The zero-order chi connectivity index (χ0) is 16.1. The molecule has 5 nitrogen and oxygen atoms in total. The Bertz CT molecular complexity index is 767. The third-order valence-electron chi connectivity index (χ3n) is 3.12. The minimum Gasteiger partial charge on any atom is -0.481 e. The lowest BCUT2D eigenvalue weighted by Gasteiger charge is -2.05. The van der Waals surface area contributed by atoms with Crippen LogP contribution in [-0.2, 0) is 17.8 Å². The maximum absolute atomic E-state index is 12.0. The van der Waals surface area contributed by atoms with Gasteiger partial charge in [0.1, 0.15) is 5.01 Å². The number of pyridine rings is 1. The van der Waals surface area contributed by atoms with Crippen molar-refractivity contribution in [2.24, 2.45) is 0 Å². The zero-order valence-electron chi connectivity index (χ0n) is 12.5. The molecule has 1 amide bonds. The van der Waals surface area contributed by atoms with Crippen LogP contribution in [-0.4, -0.2) is 23.0 Å². The van der Waals surface area contributed by atoms with Crippen molar-refractivity contribution >= 4 is 28.6 Å². The lowest BCUT2D eigenvalue weighted by molar-refractivity contribution is -0.120. The van der Waals surface area contributed by atoms with Crippen LogP contribution in [0.4, 0.5) is 0 Å². The predicted molar refractivity (Wildman–Crippen MR) is 91.8 cm³/mol. The number of thiazole rings is 1. The summed E-state index contributed by atoms with van der Waals surface area (Å²) >= 11 is 3.21. The number of hydrogen-bond donors (Lipinski definition) is 1. The predicted octanol–water partition coefficient (Wildman–Crippen LogP) is 3.13. The molecule has 3 rings (SSSR count). The number of amides is 1. The molecule has 118 valence electrons. The molecule has 0 atom stereocenters. The molecule has 7 heteroatoms. The van der Waals surface area contributed by atoms with E-state index in [2.05, 4.69) is 15.3 Å². The number of nitrogens with one attached hydrogen (secondary N) is 1. The van der Waals surface area contributed by atoms with Crippen molar-refractivity contribution in [3.63, 3.8) is 0 Å². The molecule has 3 heterocycles. The number of thiophene rings is 1. The summed E-state index contributed by atoms with van der Waals surface area (Å²) in [4.78, 5) is 21.8. The van der Waals surface area contributed by atoms with Crippen LogP contribution in [0.15, 0.2) is 41.2 Å². The van der Waals surface area contributed by atoms with Gasteiger partial charge in [-0.05, 0) is 17.0 Å². The molecule has 0 saturated carbocycles. The molecule has 0 fully saturated rings. The largest absolute Gasteiger partial charge is 0.481 e. The van der Waals surface area contributed by atoms with E-state index in [4.69, 9.17) is 4.74 Å². The van der Waals surface area contributed by atoms with Gasteiger partial charge in [-0.25, -0.2) is 9.97 Å². The standard InChI is InChI=1S/C16H15N3O2S2/c1-21-15-5-4-11(9-18-15)8-17-14(20)7-12-10-23-16(19-12)13-3-2-6-22-13/h2-6,9-10H,7-8H2,1H3,(H,17,20). The average Bonchev–Trinajstić information content (AvgIpc) is 3.24. The summed E-state index contributed by atoms with van der Waals surface area (Å²) in [6.07, 6.45) is 1.97. The second kappa shape index (κ2) is 7.34. The number of carbonyl (C=O) groups is 1. The second-order valence-corrected chi connectivity index (χ2v) is 6.59. The van der Waals surface area contributed by atoms with E-state index in [1.54, 1.807) is 42.0 Å². The van der Waals surface area contributed by atoms with Crippen LogP contribution < -0.4 is 10.1 Å². The number of aromatic nitrogens is 2. The lowest BCUT2D eigenvalue weighted by Crippen LogP contribution is -2.24. The third kappa shape index (κ3) is 4.14. The number of carbonyl (C=O) groups excluding carboxylic acids is 1. The Balaban J connectivity index is 1.53. The monoisotopic (exact) mass is 345 g/mol. The summed E-state index contributed by atoms with van der Waals surface area (Å²) in [6.45, 7) is 0.442. The third-order valence-corrected chi connectivity index (χ3v) is 5.05. The van der Waals surface area contributed by atoms with Gasteiger partial charge in [0, 0.05) is 24.2 Å². The first-order valence-corrected chi connectivity index (χ1v) is 8.74. The van der Waals surface area contributed by atoms with Gasteiger partial charge < -0.3 is 10.1 Å². The maximum atomic E-state index is 12.0. The molecule has 0 aromatic carbocycles. The first-order chi connectivity index (χ1) is 11.2. The Morgan fingerprint density at radius 1 is 1.30 bits per heavy atom. The summed E-state index contributed by atoms with van der Waals surface area (Å²) in [6, 6.07) is 7.68. The molecule has 0 bridgehead atoms. The quantitative estimate of drug-likeness (QED) is 0.745. The first kappa shape index (κ1) is 15.6. The molecule has 1 N–H and O–H groups in total. The fraction of sp³-hybridized carbons (Fsp3) is 0.188. The molecule has 0 spiro atoms. The van der Waals surface area contributed by atoms with Crippen LogP contribution >= 0.6 is 22.7 Å². The number of ether oxygens (including phenoxy) is 1. The van der Waals surface area contributed by atoms with Crippen molar-refractivity contribution in [3.8, 4) is 15.8 Å². The van der Waals surface area contributed by atoms with E-state index in [1.807, 2.05) is 29.0 Å². The minimum atomic E-state index is -0.0520. The Labute approximate surface area is 142 Å². The van der Waals surface area contributed by atoms with E-state index in [1.165, 1.54) is 0 Å². The van der Waals surface area contributed by atoms with E-state index in [-0.39, 0.29) is 12.3 Å². The second-order valence-electron chi connectivity index (χ2n) is 4.78. The van der Waals surface area contributed by atoms with Crippen molar-refractivity contribution in [2.45, 2.75) is 13.0 Å². The van der Waals surface area contributed by atoms with E-state index in [0.717, 1.165) is 21.1 Å². The van der Waals surface area contributed by atoms with Gasteiger partial charge in [-0.2, -0.15) is 0 Å². The molecule has 23 heavy (non-hydrogen) atoms. The van der Waals surface area contributed by atoms with Crippen LogP contribution in [0.5, 0.6) is 5.88 Å². The van der Waals surface area contributed by atoms with Crippen molar-refractivity contribution in [2.75, 3.05) is 7.11 Å². The van der Waals surface area contributed by atoms with Crippen LogP contribution in [0.2, 0.25) is 0 Å². The molecule has 0 aliphatic carbocycles. The molecule has 0 unspecified atom stereocenters. The van der Waals surface area contributed by atoms with Gasteiger partial charge in [0.05, 0.1) is 24.1 Å². The van der Waals surface area contributed by atoms with Crippen LogP contribution in [0.25, 0.3) is 9.88 Å². The van der Waals surface area contributed by atoms with E-state index in [9.17, 15) is 4.79 Å². The topological polar surface area (TPSA) is 64.1 Å². The van der Waals surface area contributed by atoms with Crippen molar-refractivity contribution < 1.29 is 9.53 Å². The maximum Gasteiger partial charge on any atom is 0.226 e. The Kier molecular flexibility index (Phi) is 4.99. The number of methoxy groups -OCH3 is 1. The van der Waals surface area contributed by atoms with E-state index < -0.39 is 0 Å². The molecular weight excluding hydrogens is 330 g/mol. The minimum absolute atomic E-state index is 0.0520. The average molecular weight is 345 g/mol. The van der Waals surface area contributed by atoms with Gasteiger partial charge in [-0.1, -0.05) is 12.1 Å². The van der Waals surface area contributed by atoms with E-state index >= 15 is 0 Å². The van der Waals surface area contributed by atoms with Crippen LogP contribution in [0.1, 0.15) is 11.3 Å². The molecular formula is C16H15N3O2S2. The fourth-order valence-electron chi connectivity index (χ4n) is 1.97. The highest BCUT2D eigenvalue weighted by molar-refractivity contribution is 7.20. The highest BCUT2D eigenvalue weighted by Gasteiger charge is 2.09. The summed E-state index contributed by atoms with van der Waals surface area (Å²) in [5.74, 6) is 0.507. The Morgan fingerprint density at radius 2 is 2.22 bits per heavy atom. The highest BCUT2D eigenvalue weighted by Crippen LogP contribution is 2.27. The smallest absolute Gasteiger partial charge is 0.226 e. The highest BCUT2D eigenvalue weighted by atomic mass is 32.1. The number of rotatable bonds is 6. The fourth-order valence-corrected chi connectivity index (χ4v) is 3.60. The first-order valence-electron chi connectivity index (χ1n) is 6.98. The molecule has 0 saturated heterocycles. The van der Waals surface area contributed by atoms with Gasteiger partial charge in [-0.3, -0.25) is 4.79 Å². The SMILES string of the molecule is COc1ccc(CNC(=O)Cc2csc(-c3cccs3)n2)cn1. The Morgan fingerprint density at radius 3 is 2.91 bits per heavy atom. The van der Waals surface area contributed by atoms with Crippen molar-refractivity contribution in [1.82, 2.24) is 15.3 Å². The van der Waals surface area contributed by atoms with Gasteiger partial charge in [0.15, 0.2) is 0 Å². The summed E-state index contributed by atoms with van der Waals surface area (Å²) in [7, 11) is 1.57. The van der Waals surface area contributed by atoms with Gasteiger partial charge in [0.2, 0.25) is 11.8 Å². The van der Waals surface area contributed by atoms with Gasteiger partial charge in [-0.15, -0.1) is 22.7 Å². The molecule has 3 aromatic heterocycles.